The second-order valence-electron chi connectivity index (χ2n) is 5.79. The first-order valence-corrected chi connectivity index (χ1v) is 8.32. The maximum absolute atomic E-state index is 10.4. The standard InChI is InChI=1S/C10H19NO2.C8H15NO2/c1-4-11(5-2)8-6-7-9(3)10(12)13;1-7(8(10)11)5-4-6-9(2)3/h7H,4-6,8H2,1-3H3,(H,12,13);5H,4,6H2,1-3H3,(H,10,11). The van der Waals surface area contributed by atoms with Gasteiger partial charge in [0, 0.05) is 24.2 Å². The van der Waals surface area contributed by atoms with Gasteiger partial charge >= 0.3 is 11.9 Å². The van der Waals surface area contributed by atoms with E-state index in [2.05, 4.69) is 18.7 Å². The second kappa shape index (κ2) is 14.9. The Morgan fingerprint density at radius 3 is 1.50 bits per heavy atom. The summed E-state index contributed by atoms with van der Waals surface area (Å²) in [5.41, 5.74) is 0.860. The van der Waals surface area contributed by atoms with Crippen molar-refractivity contribution in [1.82, 2.24) is 9.80 Å². The lowest BCUT2D eigenvalue weighted by Crippen LogP contribution is -2.23. The molecule has 0 aliphatic carbocycles. The third kappa shape index (κ3) is 15.2. The average Bonchev–Trinajstić information content (AvgIpc) is 2.51. The van der Waals surface area contributed by atoms with Crippen molar-refractivity contribution in [3.8, 4) is 0 Å². The summed E-state index contributed by atoms with van der Waals surface area (Å²) in [5.74, 6) is -1.65. The number of carboxylic acid groups (broad SMARTS) is 2. The van der Waals surface area contributed by atoms with E-state index in [1.165, 1.54) is 0 Å². The van der Waals surface area contributed by atoms with Crippen molar-refractivity contribution < 1.29 is 19.8 Å². The zero-order valence-corrected chi connectivity index (χ0v) is 16.0. The summed E-state index contributed by atoms with van der Waals surface area (Å²) in [4.78, 5) is 25.0. The molecule has 0 saturated heterocycles. The molecular formula is C18H34N2O4. The van der Waals surface area contributed by atoms with Crippen molar-refractivity contribution >= 4 is 11.9 Å². The minimum Gasteiger partial charge on any atom is -0.478 e. The minimum atomic E-state index is -0.830. The summed E-state index contributed by atoms with van der Waals surface area (Å²) in [7, 11) is 3.92. The summed E-state index contributed by atoms with van der Waals surface area (Å²) >= 11 is 0. The molecule has 0 heterocycles. The van der Waals surface area contributed by atoms with Crippen LogP contribution in [0.1, 0.15) is 40.5 Å². The van der Waals surface area contributed by atoms with E-state index in [-0.39, 0.29) is 0 Å². The van der Waals surface area contributed by atoms with Crippen molar-refractivity contribution in [3.63, 3.8) is 0 Å². The summed E-state index contributed by atoms with van der Waals surface area (Å²) in [6.45, 7) is 11.3. The molecule has 0 aromatic carbocycles. The molecule has 0 amide bonds. The summed E-state index contributed by atoms with van der Waals surface area (Å²) in [6, 6.07) is 0. The third-order valence-electron chi connectivity index (χ3n) is 3.49. The number of carboxylic acids is 2. The minimum absolute atomic E-state index is 0.423. The molecule has 6 heteroatoms. The Hall–Kier alpha value is -1.66. The highest BCUT2D eigenvalue weighted by molar-refractivity contribution is 5.86. The number of rotatable bonds is 10. The second-order valence-corrected chi connectivity index (χ2v) is 5.79. The fourth-order valence-electron chi connectivity index (χ4n) is 1.72. The Morgan fingerprint density at radius 2 is 1.21 bits per heavy atom. The van der Waals surface area contributed by atoms with Gasteiger partial charge in [-0.2, -0.15) is 0 Å². The van der Waals surface area contributed by atoms with Gasteiger partial charge in [0.25, 0.3) is 0 Å². The lowest BCUT2D eigenvalue weighted by atomic mass is 10.2. The number of nitrogens with zero attached hydrogens (tertiary/aromatic N) is 2. The van der Waals surface area contributed by atoms with E-state index in [1.807, 2.05) is 19.0 Å². The first kappa shape index (κ1) is 24.6. The first-order valence-electron chi connectivity index (χ1n) is 8.32. The van der Waals surface area contributed by atoms with Gasteiger partial charge in [-0.3, -0.25) is 0 Å². The summed E-state index contributed by atoms with van der Waals surface area (Å²) in [6.07, 6.45) is 5.13. The average molecular weight is 342 g/mol. The number of aliphatic carboxylic acids is 2. The van der Waals surface area contributed by atoms with Gasteiger partial charge in [0.1, 0.15) is 0 Å². The smallest absolute Gasteiger partial charge is 0.330 e. The Labute approximate surface area is 146 Å². The maximum atomic E-state index is 10.4. The number of hydrogen-bond acceptors (Lipinski definition) is 4. The predicted octanol–water partition coefficient (Wildman–Crippen LogP) is 2.72. The van der Waals surface area contributed by atoms with Gasteiger partial charge in [0.05, 0.1) is 0 Å². The molecule has 0 rings (SSSR count). The Balaban J connectivity index is 0. The van der Waals surface area contributed by atoms with E-state index in [1.54, 1.807) is 26.0 Å². The van der Waals surface area contributed by atoms with Crippen LogP contribution < -0.4 is 0 Å². The lowest BCUT2D eigenvalue weighted by molar-refractivity contribution is -0.133. The number of hydrogen-bond donors (Lipinski definition) is 2. The van der Waals surface area contributed by atoms with Crippen molar-refractivity contribution in [2.24, 2.45) is 0 Å². The van der Waals surface area contributed by atoms with E-state index < -0.39 is 11.9 Å². The van der Waals surface area contributed by atoms with Gasteiger partial charge in [-0.25, -0.2) is 9.59 Å². The van der Waals surface area contributed by atoms with E-state index in [0.717, 1.165) is 39.0 Å². The molecule has 0 radical (unpaired) electrons. The van der Waals surface area contributed by atoms with Crippen molar-refractivity contribution in [2.75, 3.05) is 40.3 Å². The molecule has 0 spiro atoms. The normalized spacial score (nSPS) is 12.2. The Bertz CT molecular complexity index is 425. The molecule has 6 nitrogen and oxygen atoms in total. The SMILES string of the molecule is CC(=CCCN(C)C)C(=O)O.CCN(CC)CCC=C(C)C(=O)O. The molecular weight excluding hydrogens is 308 g/mol. The van der Waals surface area contributed by atoms with Crippen LogP contribution in [0.25, 0.3) is 0 Å². The molecule has 0 bridgehead atoms. The zero-order chi connectivity index (χ0) is 19.1. The quantitative estimate of drug-likeness (QED) is 0.594. The highest BCUT2D eigenvalue weighted by atomic mass is 16.4. The van der Waals surface area contributed by atoms with Gasteiger partial charge < -0.3 is 20.0 Å². The van der Waals surface area contributed by atoms with Crippen LogP contribution in [0.3, 0.4) is 0 Å². The topological polar surface area (TPSA) is 81.1 Å². The van der Waals surface area contributed by atoms with E-state index in [4.69, 9.17) is 10.2 Å². The van der Waals surface area contributed by atoms with E-state index in [9.17, 15) is 9.59 Å². The van der Waals surface area contributed by atoms with Gasteiger partial charge in [-0.05, 0) is 53.9 Å². The van der Waals surface area contributed by atoms with Crippen LogP contribution in [0.15, 0.2) is 23.3 Å². The molecule has 0 aromatic heterocycles. The lowest BCUT2D eigenvalue weighted by Gasteiger charge is -2.16. The molecule has 0 unspecified atom stereocenters. The van der Waals surface area contributed by atoms with Crippen LogP contribution >= 0.6 is 0 Å². The predicted molar refractivity (Wildman–Crippen MR) is 98.4 cm³/mol. The molecule has 0 aliphatic rings. The Morgan fingerprint density at radius 1 is 0.833 bits per heavy atom. The van der Waals surface area contributed by atoms with Crippen molar-refractivity contribution in [2.45, 2.75) is 40.5 Å². The first-order chi connectivity index (χ1) is 11.1. The van der Waals surface area contributed by atoms with Gasteiger partial charge in [0.15, 0.2) is 0 Å². The molecule has 24 heavy (non-hydrogen) atoms. The summed E-state index contributed by atoms with van der Waals surface area (Å²) in [5, 5.41) is 17.0. The van der Waals surface area contributed by atoms with Gasteiger partial charge in [-0.1, -0.05) is 26.0 Å². The van der Waals surface area contributed by atoms with Crippen LogP contribution in [0.5, 0.6) is 0 Å². The van der Waals surface area contributed by atoms with E-state index in [0.29, 0.717) is 11.1 Å². The molecule has 0 saturated carbocycles. The summed E-state index contributed by atoms with van der Waals surface area (Å²) < 4.78 is 0. The monoisotopic (exact) mass is 342 g/mol. The zero-order valence-electron chi connectivity index (χ0n) is 16.0. The molecule has 2 N–H and O–H groups in total. The molecule has 0 fully saturated rings. The highest BCUT2D eigenvalue weighted by Crippen LogP contribution is 1.98. The number of carbonyl (C=O) groups is 2. The van der Waals surface area contributed by atoms with Crippen molar-refractivity contribution in [1.29, 1.82) is 0 Å². The van der Waals surface area contributed by atoms with Crippen LogP contribution in [0.2, 0.25) is 0 Å². The molecule has 140 valence electrons. The fourth-order valence-corrected chi connectivity index (χ4v) is 1.72. The highest BCUT2D eigenvalue weighted by Gasteiger charge is 2.00. The van der Waals surface area contributed by atoms with Gasteiger partial charge in [0.2, 0.25) is 0 Å². The van der Waals surface area contributed by atoms with Crippen LogP contribution in [0, 0.1) is 0 Å². The third-order valence-corrected chi connectivity index (χ3v) is 3.49. The van der Waals surface area contributed by atoms with Crippen LogP contribution in [0.4, 0.5) is 0 Å². The Kier molecular flexibility index (Phi) is 15.3. The van der Waals surface area contributed by atoms with Gasteiger partial charge in [-0.15, -0.1) is 0 Å². The fraction of sp³-hybridized carbons (Fsp3) is 0.667. The molecule has 0 atom stereocenters. The molecule has 0 aliphatic heterocycles. The van der Waals surface area contributed by atoms with Crippen molar-refractivity contribution in [3.05, 3.63) is 23.3 Å². The maximum Gasteiger partial charge on any atom is 0.330 e. The van der Waals surface area contributed by atoms with Crippen LogP contribution in [-0.2, 0) is 9.59 Å². The largest absolute Gasteiger partial charge is 0.478 e. The molecule has 0 aromatic rings. The van der Waals surface area contributed by atoms with Crippen LogP contribution in [-0.4, -0.2) is 72.2 Å². The van der Waals surface area contributed by atoms with E-state index >= 15 is 0 Å².